The van der Waals surface area contributed by atoms with Crippen molar-refractivity contribution in [2.75, 3.05) is 26.7 Å². The van der Waals surface area contributed by atoms with E-state index in [2.05, 4.69) is 22.4 Å². The Balaban J connectivity index is 1.38. The molecule has 0 unspecified atom stereocenters. The van der Waals surface area contributed by atoms with Gasteiger partial charge in [0.2, 0.25) is 5.91 Å². The fourth-order valence-electron chi connectivity index (χ4n) is 3.84. The first-order chi connectivity index (χ1) is 12.2. The summed E-state index contributed by atoms with van der Waals surface area (Å²) in [6.45, 7) is 3.91. The Kier molecular flexibility index (Phi) is 6.51. The van der Waals surface area contributed by atoms with Crippen LogP contribution < -0.4 is 10.1 Å². The van der Waals surface area contributed by atoms with E-state index in [1.807, 2.05) is 24.3 Å². The molecule has 0 saturated carbocycles. The number of benzene rings is 1. The summed E-state index contributed by atoms with van der Waals surface area (Å²) in [5.74, 6) is 2.03. The van der Waals surface area contributed by atoms with Gasteiger partial charge in [-0.05, 0) is 68.8 Å². The van der Waals surface area contributed by atoms with Crippen molar-refractivity contribution in [3.05, 3.63) is 42.0 Å². The third-order valence-electron chi connectivity index (χ3n) is 5.48. The molecule has 1 N–H and O–H groups in total. The highest BCUT2D eigenvalue weighted by Gasteiger charge is 2.26. The van der Waals surface area contributed by atoms with Gasteiger partial charge in [0.15, 0.2) is 0 Å². The first kappa shape index (κ1) is 18.0. The molecule has 25 heavy (non-hydrogen) atoms. The molecule has 1 aliphatic carbocycles. The number of allylic oxidation sites excluding steroid dienone is 2. The maximum Gasteiger partial charge on any atom is 0.223 e. The van der Waals surface area contributed by atoms with Crippen molar-refractivity contribution in [2.45, 2.75) is 38.6 Å². The van der Waals surface area contributed by atoms with E-state index in [0.29, 0.717) is 6.54 Å². The highest BCUT2D eigenvalue weighted by molar-refractivity contribution is 5.78. The Morgan fingerprint density at radius 1 is 1.16 bits per heavy atom. The minimum absolute atomic E-state index is 0.167. The van der Waals surface area contributed by atoms with E-state index < -0.39 is 0 Å². The number of nitrogens with one attached hydrogen (secondary N) is 1. The zero-order valence-electron chi connectivity index (χ0n) is 15.2. The van der Waals surface area contributed by atoms with Crippen molar-refractivity contribution < 1.29 is 9.53 Å². The minimum atomic E-state index is 0.167. The molecule has 1 aromatic carbocycles. The number of methoxy groups -OCH3 is 1. The highest BCUT2D eigenvalue weighted by Crippen LogP contribution is 2.23. The van der Waals surface area contributed by atoms with Crippen molar-refractivity contribution in [1.29, 1.82) is 0 Å². The first-order valence-electron chi connectivity index (χ1n) is 9.52. The Bertz CT molecular complexity index is 574. The van der Waals surface area contributed by atoms with Gasteiger partial charge in [0.1, 0.15) is 5.75 Å². The molecular weight excluding hydrogens is 312 g/mol. The van der Waals surface area contributed by atoms with Gasteiger partial charge in [0.25, 0.3) is 0 Å². The van der Waals surface area contributed by atoms with Crippen LogP contribution in [0.25, 0.3) is 0 Å². The fourth-order valence-corrected chi connectivity index (χ4v) is 3.84. The predicted octanol–water partition coefficient (Wildman–Crippen LogP) is 3.38. The van der Waals surface area contributed by atoms with Crippen LogP contribution in [0.4, 0.5) is 0 Å². The Morgan fingerprint density at radius 2 is 1.92 bits per heavy atom. The standard InChI is InChI=1S/C21H30N2O2/c1-25-20-9-7-17(8-10-20)15-22-21(24)19-11-13-23(14-12-19)16-18-5-3-2-4-6-18/h2-3,7-10,18-19H,4-6,11-16H2,1H3,(H,22,24)/t18-/m0/s1. The lowest BCUT2D eigenvalue weighted by Crippen LogP contribution is -2.42. The molecule has 0 aromatic heterocycles. The Labute approximate surface area is 151 Å². The van der Waals surface area contributed by atoms with E-state index in [-0.39, 0.29) is 11.8 Å². The summed E-state index contributed by atoms with van der Waals surface area (Å²) in [6, 6.07) is 7.86. The van der Waals surface area contributed by atoms with E-state index in [1.54, 1.807) is 7.11 Å². The number of amides is 1. The highest BCUT2D eigenvalue weighted by atomic mass is 16.5. The van der Waals surface area contributed by atoms with E-state index in [4.69, 9.17) is 4.74 Å². The molecular formula is C21H30N2O2. The normalized spacial score (nSPS) is 21.9. The maximum atomic E-state index is 12.4. The zero-order chi connectivity index (χ0) is 17.5. The predicted molar refractivity (Wildman–Crippen MR) is 100 cm³/mol. The summed E-state index contributed by atoms with van der Waals surface area (Å²) in [5.41, 5.74) is 1.11. The van der Waals surface area contributed by atoms with Gasteiger partial charge in [0, 0.05) is 19.0 Å². The van der Waals surface area contributed by atoms with Gasteiger partial charge in [-0.25, -0.2) is 0 Å². The second-order valence-corrected chi connectivity index (χ2v) is 7.29. The summed E-state index contributed by atoms with van der Waals surface area (Å²) >= 11 is 0. The van der Waals surface area contributed by atoms with Crippen molar-refractivity contribution >= 4 is 5.91 Å². The van der Waals surface area contributed by atoms with Crippen molar-refractivity contribution in [3.63, 3.8) is 0 Å². The third-order valence-corrected chi connectivity index (χ3v) is 5.48. The summed E-state index contributed by atoms with van der Waals surface area (Å²) in [5, 5.41) is 3.09. The number of hydrogen-bond acceptors (Lipinski definition) is 3. The van der Waals surface area contributed by atoms with Gasteiger partial charge < -0.3 is 15.0 Å². The molecule has 1 saturated heterocycles. The fraction of sp³-hybridized carbons (Fsp3) is 0.571. The average molecular weight is 342 g/mol. The summed E-state index contributed by atoms with van der Waals surface area (Å²) in [6.07, 6.45) is 10.4. The van der Waals surface area contributed by atoms with Crippen molar-refractivity contribution in [2.24, 2.45) is 11.8 Å². The van der Waals surface area contributed by atoms with Crippen LogP contribution in [-0.4, -0.2) is 37.6 Å². The van der Waals surface area contributed by atoms with Gasteiger partial charge in [-0.1, -0.05) is 24.3 Å². The monoisotopic (exact) mass is 342 g/mol. The van der Waals surface area contributed by atoms with Gasteiger partial charge >= 0.3 is 0 Å². The molecule has 1 atom stereocenters. The summed E-state index contributed by atoms with van der Waals surface area (Å²) < 4.78 is 5.16. The van der Waals surface area contributed by atoms with E-state index in [1.165, 1.54) is 25.8 Å². The molecule has 3 rings (SSSR count). The maximum absolute atomic E-state index is 12.4. The summed E-state index contributed by atoms with van der Waals surface area (Å²) in [4.78, 5) is 15.0. The molecule has 1 amide bonds. The van der Waals surface area contributed by atoms with Crippen LogP contribution in [0, 0.1) is 11.8 Å². The molecule has 1 aliphatic heterocycles. The number of carbonyl (C=O) groups excluding carboxylic acids is 1. The second-order valence-electron chi connectivity index (χ2n) is 7.29. The Morgan fingerprint density at radius 3 is 2.56 bits per heavy atom. The van der Waals surface area contributed by atoms with E-state index >= 15 is 0 Å². The molecule has 0 radical (unpaired) electrons. The van der Waals surface area contributed by atoms with Crippen molar-refractivity contribution in [1.82, 2.24) is 10.2 Å². The number of piperidine rings is 1. The van der Waals surface area contributed by atoms with Gasteiger partial charge in [-0.15, -0.1) is 0 Å². The van der Waals surface area contributed by atoms with Crippen LogP contribution >= 0.6 is 0 Å². The zero-order valence-corrected chi connectivity index (χ0v) is 15.2. The quantitative estimate of drug-likeness (QED) is 0.806. The van der Waals surface area contributed by atoms with Crippen LogP contribution in [0.5, 0.6) is 5.75 Å². The van der Waals surface area contributed by atoms with Crippen LogP contribution in [-0.2, 0) is 11.3 Å². The molecule has 1 heterocycles. The molecule has 0 spiro atoms. The average Bonchev–Trinajstić information content (AvgIpc) is 2.68. The Hall–Kier alpha value is -1.81. The minimum Gasteiger partial charge on any atom is -0.497 e. The van der Waals surface area contributed by atoms with Crippen LogP contribution in [0.1, 0.15) is 37.7 Å². The molecule has 0 bridgehead atoms. The molecule has 1 aromatic rings. The molecule has 4 nitrogen and oxygen atoms in total. The van der Waals surface area contributed by atoms with Gasteiger partial charge in [-0.3, -0.25) is 4.79 Å². The lowest BCUT2D eigenvalue weighted by Gasteiger charge is -2.34. The number of carbonyl (C=O) groups is 1. The van der Waals surface area contributed by atoms with Crippen molar-refractivity contribution in [3.8, 4) is 5.75 Å². The van der Waals surface area contributed by atoms with Crippen LogP contribution in [0.2, 0.25) is 0 Å². The smallest absolute Gasteiger partial charge is 0.223 e. The van der Waals surface area contributed by atoms with E-state index in [0.717, 1.165) is 43.2 Å². The lowest BCUT2D eigenvalue weighted by molar-refractivity contribution is -0.126. The number of likely N-dealkylation sites (tertiary alicyclic amines) is 1. The first-order valence-corrected chi connectivity index (χ1v) is 9.52. The van der Waals surface area contributed by atoms with Gasteiger partial charge in [-0.2, -0.15) is 0 Å². The SMILES string of the molecule is COc1ccc(CNC(=O)C2CCN(C[C@H]3CC=CCC3)CC2)cc1. The third kappa shape index (κ3) is 5.33. The summed E-state index contributed by atoms with van der Waals surface area (Å²) in [7, 11) is 1.66. The van der Waals surface area contributed by atoms with Crippen LogP contribution in [0.15, 0.2) is 36.4 Å². The lowest BCUT2D eigenvalue weighted by atomic mass is 9.91. The topological polar surface area (TPSA) is 41.6 Å². The second kappa shape index (κ2) is 9.04. The van der Waals surface area contributed by atoms with Gasteiger partial charge in [0.05, 0.1) is 7.11 Å². The number of rotatable bonds is 6. The molecule has 4 heteroatoms. The number of ether oxygens (including phenoxy) is 1. The number of nitrogens with zero attached hydrogens (tertiary/aromatic N) is 1. The molecule has 1 fully saturated rings. The number of hydrogen-bond donors (Lipinski definition) is 1. The molecule has 136 valence electrons. The largest absolute Gasteiger partial charge is 0.497 e. The molecule has 2 aliphatic rings. The van der Waals surface area contributed by atoms with Crippen LogP contribution in [0.3, 0.4) is 0 Å². The van der Waals surface area contributed by atoms with E-state index in [9.17, 15) is 4.79 Å².